The summed E-state index contributed by atoms with van der Waals surface area (Å²) in [5, 5.41) is 18.3. The molecule has 8 heteroatoms. The lowest BCUT2D eigenvalue weighted by Crippen LogP contribution is -2.35. The molecule has 0 aliphatic heterocycles. The first-order valence-electron chi connectivity index (χ1n) is 15.6. The molecule has 6 nitrogen and oxygen atoms in total. The Morgan fingerprint density at radius 2 is 1.55 bits per heavy atom. The molecule has 224 valence electrons. The van der Waals surface area contributed by atoms with Gasteiger partial charge in [0.25, 0.3) is 0 Å². The molecule has 0 radical (unpaired) electrons. The van der Waals surface area contributed by atoms with Crippen LogP contribution < -0.4 is 0 Å². The molecule has 4 atom stereocenters. The van der Waals surface area contributed by atoms with Crippen LogP contribution in [0.3, 0.4) is 0 Å². The van der Waals surface area contributed by atoms with E-state index in [1.54, 1.807) is 0 Å². The van der Waals surface area contributed by atoms with Gasteiger partial charge in [-0.05, 0) is 55.9 Å². The van der Waals surface area contributed by atoms with Crippen molar-refractivity contribution in [3.63, 3.8) is 0 Å². The van der Waals surface area contributed by atoms with E-state index in [0.717, 1.165) is 24.7 Å². The number of ether oxygens (including phenoxy) is 2. The number of aliphatic carboxylic acids is 1. The van der Waals surface area contributed by atoms with E-state index in [2.05, 4.69) is 25.6 Å². The number of aliphatic hydroxyl groups is 1. The Morgan fingerprint density at radius 3 is 2.21 bits per heavy atom. The van der Waals surface area contributed by atoms with Gasteiger partial charge in [-0.3, -0.25) is 0 Å². The second kappa shape index (κ2) is 23.5. The van der Waals surface area contributed by atoms with Gasteiger partial charge in [-0.25, -0.2) is 4.79 Å². The summed E-state index contributed by atoms with van der Waals surface area (Å²) in [6.45, 7) is 4.79. The molecule has 2 N–H and O–H groups in total. The number of carbonyl (C=O) groups is 1. The molecule has 1 aliphatic carbocycles. The van der Waals surface area contributed by atoms with Crippen molar-refractivity contribution in [3.05, 3.63) is 0 Å². The van der Waals surface area contributed by atoms with Crippen LogP contribution in [0.5, 0.6) is 0 Å². The molecule has 1 saturated carbocycles. The summed E-state index contributed by atoms with van der Waals surface area (Å²) in [5.41, 5.74) is -2.60. The van der Waals surface area contributed by atoms with Gasteiger partial charge in [-0.15, -0.1) is 0 Å². The summed E-state index contributed by atoms with van der Waals surface area (Å²) in [6.07, 6.45) is 25.2. The van der Waals surface area contributed by atoms with E-state index >= 15 is 0 Å². The summed E-state index contributed by atoms with van der Waals surface area (Å²) in [4.78, 5) is 10.8. The van der Waals surface area contributed by atoms with Crippen molar-refractivity contribution in [2.75, 3.05) is 24.7 Å². The Bertz CT molecular complexity index is 587. The summed E-state index contributed by atoms with van der Waals surface area (Å²) >= 11 is 2.19. The van der Waals surface area contributed by atoms with Crippen LogP contribution in [-0.2, 0) is 18.8 Å². The zero-order valence-corrected chi connectivity index (χ0v) is 26.2. The van der Waals surface area contributed by atoms with Gasteiger partial charge < -0.3 is 19.7 Å². The predicted molar refractivity (Wildman–Crippen MR) is 161 cm³/mol. The number of hydrogen-bond acceptors (Lipinski definition) is 6. The van der Waals surface area contributed by atoms with Crippen LogP contribution in [0, 0.1) is 11.8 Å². The van der Waals surface area contributed by atoms with Crippen molar-refractivity contribution in [1.82, 2.24) is 0 Å². The van der Waals surface area contributed by atoms with Crippen LogP contribution in [0.1, 0.15) is 136 Å². The molecule has 0 spiro atoms. The van der Waals surface area contributed by atoms with Gasteiger partial charge in [-0.1, -0.05) is 108 Å². The third kappa shape index (κ3) is 17.5. The molecule has 0 aromatic rings. The summed E-state index contributed by atoms with van der Waals surface area (Å²) in [5.74, 6) is 3.03. The number of unbranched alkanes of at least 4 members (excludes halogenated alkanes) is 7. The topological polar surface area (TPSA) is 93.1 Å². The maximum atomic E-state index is 10.8. The van der Waals surface area contributed by atoms with Crippen molar-refractivity contribution < 1.29 is 29.0 Å². The Labute approximate surface area is 239 Å². The van der Waals surface area contributed by atoms with E-state index in [0.29, 0.717) is 13.0 Å². The standard InChI is InChI=1S/C30H57O6PS/c1-3-4-11-18-28(27-19-13-8-9-14-20-27)21-25-38-24-15-10-6-5-7-12-17-26(2)35-22-16-23-36-30(33,37-34)29(31)32/h26-28,33H,3-25H2,1-2H3,(H,31,32)/p+1. The molecular weight excluding hydrogens is 519 g/mol. The molecule has 1 fully saturated rings. The highest BCUT2D eigenvalue weighted by Gasteiger charge is 2.47. The molecule has 0 saturated heterocycles. The first-order valence-corrected chi connectivity index (χ1v) is 17.7. The SMILES string of the molecule is CCCCCC(CCSCCCCCCCCC(C)OCCCOC(O)([PH+]=O)C(=O)O)C1CCCCCC1. The monoisotopic (exact) mass is 577 g/mol. The van der Waals surface area contributed by atoms with Crippen molar-refractivity contribution in [2.45, 2.75) is 147 Å². The average Bonchev–Trinajstić information content (AvgIpc) is 3.20. The predicted octanol–water partition coefficient (Wildman–Crippen LogP) is 8.57. The first kappa shape index (κ1) is 35.8. The van der Waals surface area contributed by atoms with Crippen LogP contribution >= 0.6 is 20.2 Å². The molecule has 0 amide bonds. The highest BCUT2D eigenvalue weighted by Crippen LogP contribution is 2.34. The van der Waals surface area contributed by atoms with E-state index in [-0.39, 0.29) is 12.7 Å². The Hall–Kier alpha value is -0.200. The summed E-state index contributed by atoms with van der Waals surface area (Å²) < 4.78 is 21.3. The van der Waals surface area contributed by atoms with Crippen molar-refractivity contribution in [1.29, 1.82) is 0 Å². The zero-order chi connectivity index (χ0) is 27.9. The number of carboxylic acids is 1. The van der Waals surface area contributed by atoms with Crippen LogP contribution in [0.25, 0.3) is 0 Å². The molecule has 0 bridgehead atoms. The lowest BCUT2D eigenvalue weighted by atomic mass is 9.81. The Balaban J connectivity index is 1.97. The minimum atomic E-state index is -2.60. The fourth-order valence-corrected chi connectivity index (χ4v) is 6.85. The van der Waals surface area contributed by atoms with Crippen LogP contribution in [0.15, 0.2) is 0 Å². The smallest absolute Gasteiger partial charge is 0.470 e. The fourth-order valence-electron chi connectivity index (χ4n) is 5.52. The number of rotatable bonds is 25. The van der Waals surface area contributed by atoms with E-state index < -0.39 is 20.0 Å². The average molecular weight is 578 g/mol. The second-order valence-corrected chi connectivity index (χ2v) is 13.4. The molecule has 4 unspecified atom stereocenters. The summed E-state index contributed by atoms with van der Waals surface area (Å²) in [7, 11) is -1.47. The van der Waals surface area contributed by atoms with Gasteiger partial charge in [0.05, 0.1) is 12.7 Å². The van der Waals surface area contributed by atoms with Gasteiger partial charge in [-0.2, -0.15) is 11.8 Å². The van der Waals surface area contributed by atoms with Crippen molar-refractivity contribution in [3.8, 4) is 0 Å². The second-order valence-electron chi connectivity index (χ2n) is 11.3. The van der Waals surface area contributed by atoms with Crippen LogP contribution in [0.2, 0.25) is 0 Å². The lowest BCUT2D eigenvalue weighted by Gasteiger charge is -2.26. The Morgan fingerprint density at radius 1 is 0.895 bits per heavy atom. The van der Waals surface area contributed by atoms with E-state index in [4.69, 9.17) is 14.6 Å². The van der Waals surface area contributed by atoms with E-state index in [9.17, 15) is 14.5 Å². The Kier molecular flexibility index (Phi) is 22.2. The van der Waals surface area contributed by atoms with Crippen molar-refractivity contribution >= 4 is 26.2 Å². The lowest BCUT2D eigenvalue weighted by molar-refractivity contribution is -0.190. The largest absolute Gasteiger partial charge is 0.474 e. The molecule has 1 aliphatic rings. The summed E-state index contributed by atoms with van der Waals surface area (Å²) in [6, 6.07) is 0. The minimum absolute atomic E-state index is 0.0108. The van der Waals surface area contributed by atoms with E-state index in [1.165, 1.54) is 114 Å². The fraction of sp³-hybridized carbons (Fsp3) is 0.967. The van der Waals surface area contributed by atoms with Gasteiger partial charge in [0, 0.05) is 6.61 Å². The van der Waals surface area contributed by atoms with Crippen LogP contribution in [-0.4, -0.2) is 52.5 Å². The van der Waals surface area contributed by atoms with Gasteiger partial charge >= 0.3 is 20.0 Å². The molecule has 38 heavy (non-hydrogen) atoms. The number of thioether (sulfide) groups is 1. The van der Waals surface area contributed by atoms with Crippen LogP contribution in [0.4, 0.5) is 0 Å². The van der Waals surface area contributed by atoms with Gasteiger partial charge in [0.1, 0.15) is 0 Å². The molecule has 0 heterocycles. The maximum absolute atomic E-state index is 10.8. The third-order valence-corrected chi connectivity index (χ3v) is 9.69. The van der Waals surface area contributed by atoms with Gasteiger partial charge in [0.2, 0.25) is 0 Å². The highest BCUT2D eigenvalue weighted by molar-refractivity contribution is 7.99. The first-order chi connectivity index (χ1) is 18.4. The van der Waals surface area contributed by atoms with E-state index in [1.807, 2.05) is 0 Å². The maximum Gasteiger partial charge on any atom is 0.470 e. The van der Waals surface area contributed by atoms with Crippen molar-refractivity contribution in [2.24, 2.45) is 11.8 Å². The molecular formula is C30H58O6PS+. The zero-order valence-electron chi connectivity index (χ0n) is 24.4. The highest BCUT2D eigenvalue weighted by atomic mass is 32.2. The van der Waals surface area contributed by atoms with Gasteiger partial charge in [0.15, 0.2) is 0 Å². The third-order valence-electron chi connectivity index (χ3n) is 7.96. The molecule has 1 rings (SSSR count). The number of carboxylic acid groups (broad SMARTS) is 1. The molecule has 0 aromatic heterocycles. The normalized spacial score (nSPS) is 18.2. The minimum Gasteiger partial charge on any atom is -0.474 e. The quantitative estimate of drug-likeness (QED) is 0.0486. The molecule has 0 aromatic carbocycles. The number of hydrogen-bond donors (Lipinski definition) is 2.